The first-order chi connectivity index (χ1) is 10.6. The Kier molecular flexibility index (Phi) is 5.63. The van der Waals surface area contributed by atoms with Gasteiger partial charge in [0, 0.05) is 11.6 Å². The molecular weight excluding hydrogens is 304 g/mol. The summed E-state index contributed by atoms with van der Waals surface area (Å²) in [6, 6.07) is 13.5. The van der Waals surface area contributed by atoms with Gasteiger partial charge in [0.05, 0.1) is 18.9 Å². The molecule has 0 heterocycles. The van der Waals surface area contributed by atoms with E-state index >= 15 is 0 Å². The Hall–Kier alpha value is -2.24. The number of para-hydroxylation sites is 2. The molecule has 0 fully saturated rings. The molecule has 5 nitrogen and oxygen atoms in total. The van der Waals surface area contributed by atoms with E-state index in [9.17, 15) is 9.90 Å². The Morgan fingerprint density at radius 2 is 1.91 bits per heavy atom. The third-order valence-electron chi connectivity index (χ3n) is 3.07. The fraction of sp³-hybridized carbons (Fsp3) is 0.188. The third kappa shape index (κ3) is 4.38. The molecule has 0 aliphatic carbocycles. The summed E-state index contributed by atoms with van der Waals surface area (Å²) in [5.41, 5.74) is 1.24. The summed E-state index contributed by atoms with van der Waals surface area (Å²) in [6.45, 7) is 0.0859. The number of nitrogens with one attached hydrogen (secondary N) is 2. The number of benzene rings is 2. The van der Waals surface area contributed by atoms with Gasteiger partial charge in [-0.1, -0.05) is 35.9 Å². The van der Waals surface area contributed by atoms with E-state index in [1.165, 1.54) is 7.11 Å². The molecule has 0 saturated heterocycles. The number of ether oxygens (including phenoxy) is 1. The fourth-order valence-electron chi connectivity index (χ4n) is 1.91. The molecule has 2 aromatic carbocycles. The van der Waals surface area contributed by atoms with Crippen LogP contribution in [-0.4, -0.2) is 24.8 Å². The summed E-state index contributed by atoms with van der Waals surface area (Å²) in [7, 11) is 1.53. The number of hydrogen-bond acceptors (Lipinski definition) is 3. The lowest BCUT2D eigenvalue weighted by molar-refractivity contribution is 0.175. The monoisotopic (exact) mass is 320 g/mol. The molecule has 1 atom stereocenters. The van der Waals surface area contributed by atoms with Crippen LogP contribution < -0.4 is 15.4 Å². The molecule has 0 radical (unpaired) electrons. The van der Waals surface area contributed by atoms with E-state index in [1.807, 2.05) is 6.07 Å². The molecule has 2 rings (SSSR count). The number of rotatable bonds is 5. The van der Waals surface area contributed by atoms with Crippen LogP contribution in [0.5, 0.6) is 5.75 Å². The second-order valence-corrected chi connectivity index (χ2v) is 5.04. The van der Waals surface area contributed by atoms with Gasteiger partial charge in [0.2, 0.25) is 0 Å². The van der Waals surface area contributed by atoms with Crippen LogP contribution >= 0.6 is 11.6 Å². The number of methoxy groups -OCH3 is 1. The number of amides is 2. The van der Waals surface area contributed by atoms with Gasteiger partial charge in [0.25, 0.3) is 0 Å². The van der Waals surface area contributed by atoms with E-state index in [0.29, 0.717) is 22.0 Å². The first-order valence-corrected chi connectivity index (χ1v) is 7.09. The Morgan fingerprint density at radius 3 is 2.59 bits per heavy atom. The van der Waals surface area contributed by atoms with Gasteiger partial charge in [-0.3, -0.25) is 0 Å². The van der Waals surface area contributed by atoms with E-state index in [0.717, 1.165) is 0 Å². The summed E-state index contributed by atoms with van der Waals surface area (Å²) >= 11 is 5.79. The molecular formula is C16H17ClN2O3. The van der Waals surface area contributed by atoms with Crippen LogP contribution in [-0.2, 0) is 0 Å². The van der Waals surface area contributed by atoms with Gasteiger partial charge < -0.3 is 20.5 Å². The average Bonchev–Trinajstić information content (AvgIpc) is 2.54. The SMILES string of the molecule is COc1ccccc1NC(=O)NCC(O)c1ccc(Cl)cc1. The van der Waals surface area contributed by atoms with Gasteiger partial charge in [-0.15, -0.1) is 0 Å². The molecule has 22 heavy (non-hydrogen) atoms. The number of hydrogen-bond donors (Lipinski definition) is 3. The van der Waals surface area contributed by atoms with Crippen LogP contribution in [0.4, 0.5) is 10.5 Å². The van der Waals surface area contributed by atoms with E-state index in [4.69, 9.17) is 16.3 Å². The van der Waals surface area contributed by atoms with Gasteiger partial charge in [0.15, 0.2) is 0 Å². The molecule has 2 aromatic rings. The predicted molar refractivity (Wildman–Crippen MR) is 86.4 cm³/mol. The molecule has 0 bridgehead atoms. The predicted octanol–water partition coefficient (Wildman–Crippen LogP) is 3.20. The van der Waals surface area contributed by atoms with Crippen LogP contribution in [0.25, 0.3) is 0 Å². The number of aliphatic hydroxyl groups excluding tert-OH is 1. The highest BCUT2D eigenvalue weighted by molar-refractivity contribution is 6.30. The second-order valence-electron chi connectivity index (χ2n) is 4.60. The van der Waals surface area contributed by atoms with Crippen molar-refractivity contribution >= 4 is 23.3 Å². The lowest BCUT2D eigenvalue weighted by Gasteiger charge is -2.14. The zero-order valence-electron chi connectivity index (χ0n) is 12.0. The number of anilines is 1. The van der Waals surface area contributed by atoms with Crippen LogP contribution in [0.2, 0.25) is 5.02 Å². The van der Waals surface area contributed by atoms with Gasteiger partial charge in [-0.05, 0) is 29.8 Å². The molecule has 0 saturated carbocycles. The van der Waals surface area contributed by atoms with Gasteiger partial charge in [-0.2, -0.15) is 0 Å². The van der Waals surface area contributed by atoms with Gasteiger partial charge in [-0.25, -0.2) is 4.79 Å². The van der Waals surface area contributed by atoms with E-state index in [1.54, 1.807) is 42.5 Å². The van der Waals surface area contributed by atoms with Crippen molar-refractivity contribution in [3.05, 3.63) is 59.1 Å². The van der Waals surface area contributed by atoms with Gasteiger partial charge in [0.1, 0.15) is 5.75 Å². The van der Waals surface area contributed by atoms with Crippen LogP contribution in [0.1, 0.15) is 11.7 Å². The Bertz CT molecular complexity index is 632. The molecule has 2 amide bonds. The minimum absolute atomic E-state index is 0.0859. The zero-order chi connectivity index (χ0) is 15.9. The number of carbonyl (C=O) groups excluding carboxylic acids is 1. The van der Waals surface area contributed by atoms with Crippen molar-refractivity contribution in [2.45, 2.75) is 6.10 Å². The number of carbonyl (C=O) groups is 1. The van der Waals surface area contributed by atoms with Crippen molar-refractivity contribution in [3.8, 4) is 5.75 Å². The average molecular weight is 321 g/mol. The smallest absolute Gasteiger partial charge is 0.319 e. The first kappa shape index (κ1) is 16.1. The van der Waals surface area contributed by atoms with Crippen LogP contribution in [0.3, 0.4) is 0 Å². The molecule has 0 aliphatic rings. The fourth-order valence-corrected chi connectivity index (χ4v) is 2.03. The maximum absolute atomic E-state index is 11.9. The number of urea groups is 1. The lowest BCUT2D eigenvalue weighted by atomic mass is 10.1. The molecule has 3 N–H and O–H groups in total. The highest BCUT2D eigenvalue weighted by Gasteiger charge is 2.11. The Balaban J connectivity index is 1.88. The number of aliphatic hydroxyl groups is 1. The Labute approximate surface area is 133 Å². The van der Waals surface area contributed by atoms with Crippen molar-refractivity contribution < 1.29 is 14.6 Å². The quantitative estimate of drug-likeness (QED) is 0.792. The van der Waals surface area contributed by atoms with E-state index < -0.39 is 12.1 Å². The van der Waals surface area contributed by atoms with Crippen molar-refractivity contribution in [2.24, 2.45) is 0 Å². The maximum atomic E-state index is 11.9. The molecule has 6 heteroatoms. The van der Waals surface area contributed by atoms with E-state index in [2.05, 4.69) is 10.6 Å². The Morgan fingerprint density at radius 1 is 1.23 bits per heavy atom. The minimum atomic E-state index is -0.805. The molecule has 0 aliphatic heterocycles. The molecule has 0 spiro atoms. The highest BCUT2D eigenvalue weighted by Crippen LogP contribution is 2.22. The highest BCUT2D eigenvalue weighted by atomic mass is 35.5. The second kappa shape index (κ2) is 7.68. The van der Waals surface area contributed by atoms with Crippen molar-refractivity contribution in [1.82, 2.24) is 5.32 Å². The summed E-state index contributed by atoms with van der Waals surface area (Å²) in [5, 5.41) is 15.9. The maximum Gasteiger partial charge on any atom is 0.319 e. The summed E-state index contributed by atoms with van der Waals surface area (Å²) < 4.78 is 5.15. The summed E-state index contributed by atoms with van der Waals surface area (Å²) in [5.74, 6) is 0.566. The lowest BCUT2D eigenvalue weighted by Crippen LogP contribution is -2.32. The van der Waals surface area contributed by atoms with Crippen LogP contribution in [0, 0.1) is 0 Å². The zero-order valence-corrected chi connectivity index (χ0v) is 12.8. The topological polar surface area (TPSA) is 70.6 Å². The summed E-state index contributed by atoms with van der Waals surface area (Å²) in [6.07, 6.45) is -0.805. The number of halogens is 1. The molecule has 0 aromatic heterocycles. The summed E-state index contributed by atoms with van der Waals surface area (Å²) in [4.78, 5) is 11.9. The van der Waals surface area contributed by atoms with Crippen molar-refractivity contribution in [1.29, 1.82) is 0 Å². The standard InChI is InChI=1S/C16H17ClN2O3/c1-22-15-5-3-2-4-13(15)19-16(21)18-10-14(20)11-6-8-12(17)9-7-11/h2-9,14,20H,10H2,1H3,(H2,18,19,21). The molecule has 1 unspecified atom stereocenters. The molecule has 116 valence electrons. The van der Waals surface area contributed by atoms with Crippen molar-refractivity contribution in [2.75, 3.05) is 19.0 Å². The third-order valence-corrected chi connectivity index (χ3v) is 3.32. The van der Waals surface area contributed by atoms with Gasteiger partial charge >= 0.3 is 6.03 Å². The normalized spacial score (nSPS) is 11.6. The van der Waals surface area contributed by atoms with Crippen LogP contribution in [0.15, 0.2) is 48.5 Å². The first-order valence-electron chi connectivity index (χ1n) is 6.71. The largest absolute Gasteiger partial charge is 0.495 e. The minimum Gasteiger partial charge on any atom is -0.495 e. The van der Waals surface area contributed by atoms with E-state index in [-0.39, 0.29) is 6.54 Å². The van der Waals surface area contributed by atoms with Crippen molar-refractivity contribution in [3.63, 3.8) is 0 Å².